The first-order chi connectivity index (χ1) is 12.3. The van der Waals surface area contributed by atoms with E-state index in [0.717, 1.165) is 35.3 Å². The van der Waals surface area contributed by atoms with E-state index in [1.165, 1.54) is 19.3 Å². The number of anilines is 2. The van der Waals surface area contributed by atoms with E-state index >= 15 is 0 Å². The molecule has 3 aromatic rings. The highest BCUT2D eigenvalue weighted by Crippen LogP contribution is 2.31. The van der Waals surface area contributed by atoms with Crippen molar-refractivity contribution in [1.82, 2.24) is 0 Å². The largest absolute Gasteiger partial charge is 0.449 e. The van der Waals surface area contributed by atoms with Crippen LogP contribution in [0.3, 0.4) is 0 Å². The number of nitrogens with one attached hydrogen (secondary N) is 2. The molecule has 1 heterocycles. The second-order valence-electron chi connectivity index (χ2n) is 6.11. The number of furan rings is 1. The molecule has 0 fully saturated rings. The molecule has 0 bridgehead atoms. The van der Waals surface area contributed by atoms with Gasteiger partial charge in [0, 0.05) is 17.6 Å². The van der Waals surface area contributed by atoms with Crippen LogP contribution >= 0.6 is 0 Å². The molecule has 2 aromatic carbocycles. The molecule has 0 saturated heterocycles. The number of hydrogen-bond donors (Lipinski definition) is 2. The van der Waals surface area contributed by atoms with Gasteiger partial charge in [-0.3, -0.25) is 4.79 Å². The number of rotatable bonds is 8. The van der Waals surface area contributed by atoms with Crippen molar-refractivity contribution in [2.45, 2.75) is 32.6 Å². The average molecular weight is 336 g/mol. The summed E-state index contributed by atoms with van der Waals surface area (Å²) in [6.45, 7) is 3.03. The molecule has 0 unspecified atom stereocenters. The Morgan fingerprint density at radius 2 is 1.72 bits per heavy atom. The highest BCUT2D eigenvalue weighted by molar-refractivity contribution is 6.11. The third-order valence-corrected chi connectivity index (χ3v) is 4.17. The summed E-state index contributed by atoms with van der Waals surface area (Å²) >= 11 is 0. The molecule has 1 aromatic heterocycles. The molecule has 1 amide bonds. The molecule has 0 saturated carbocycles. The van der Waals surface area contributed by atoms with Gasteiger partial charge in [-0.2, -0.15) is 0 Å². The maximum atomic E-state index is 12.7. The Kier molecular flexibility index (Phi) is 5.73. The zero-order chi connectivity index (χ0) is 17.5. The molecule has 130 valence electrons. The van der Waals surface area contributed by atoms with E-state index in [0.29, 0.717) is 5.76 Å². The number of unbranched alkanes of at least 4 members (excludes halogenated alkanes) is 3. The Morgan fingerprint density at radius 1 is 0.960 bits per heavy atom. The van der Waals surface area contributed by atoms with Crippen molar-refractivity contribution in [3.63, 3.8) is 0 Å². The second kappa shape index (κ2) is 8.38. The molecular weight excluding hydrogens is 312 g/mol. The third-order valence-electron chi connectivity index (χ3n) is 4.17. The van der Waals surface area contributed by atoms with Crippen molar-refractivity contribution >= 4 is 28.3 Å². The Hall–Kier alpha value is -2.75. The molecule has 0 atom stereocenters. The van der Waals surface area contributed by atoms with Gasteiger partial charge < -0.3 is 15.1 Å². The minimum Gasteiger partial charge on any atom is -0.449 e. The smallest absolute Gasteiger partial charge is 0.293 e. The summed E-state index contributed by atoms with van der Waals surface area (Å²) in [6.07, 6.45) is 4.70. The van der Waals surface area contributed by atoms with Crippen LogP contribution in [0.5, 0.6) is 0 Å². The highest BCUT2D eigenvalue weighted by Gasteiger charge is 2.20. The lowest BCUT2D eigenvalue weighted by Crippen LogP contribution is -2.14. The third kappa shape index (κ3) is 4.21. The fourth-order valence-corrected chi connectivity index (χ4v) is 2.86. The number of amides is 1. The summed E-state index contributed by atoms with van der Waals surface area (Å²) in [5.74, 6) is 0.0963. The monoisotopic (exact) mass is 336 g/mol. The molecule has 4 heteroatoms. The van der Waals surface area contributed by atoms with Crippen LogP contribution in [-0.2, 0) is 0 Å². The normalized spacial score (nSPS) is 10.8. The van der Waals surface area contributed by atoms with Crippen molar-refractivity contribution in [3.05, 3.63) is 60.4 Å². The molecule has 0 aliphatic rings. The fraction of sp³-hybridized carbons (Fsp3) is 0.286. The van der Waals surface area contributed by atoms with E-state index < -0.39 is 0 Å². The molecule has 0 radical (unpaired) electrons. The molecule has 3 rings (SSSR count). The van der Waals surface area contributed by atoms with Crippen LogP contribution in [0.1, 0.15) is 43.2 Å². The van der Waals surface area contributed by atoms with Gasteiger partial charge in [-0.1, -0.05) is 56.5 Å². The van der Waals surface area contributed by atoms with Crippen molar-refractivity contribution < 1.29 is 9.21 Å². The van der Waals surface area contributed by atoms with Gasteiger partial charge in [-0.05, 0) is 30.7 Å². The van der Waals surface area contributed by atoms with Crippen LogP contribution in [-0.4, -0.2) is 12.5 Å². The number of hydrogen-bond acceptors (Lipinski definition) is 3. The minimum atomic E-state index is -0.238. The fourth-order valence-electron chi connectivity index (χ4n) is 2.86. The van der Waals surface area contributed by atoms with E-state index in [4.69, 9.17) is 4.42 Å². The van der Waals surface area contributed by atoms with Crippen LogP contribution in [0.15, 0.2) is 59.0 Å². The lowest BCUT2D eigenvalue weighted by Gasteiger charge is -2.08. The van der Waals surface area contributed by atoms with Crippen LogP contribution in [0.25, 0.3) is 11.0 Å². The second-order valence-corrected chi connectivity index (χ2v) is 6.11. The maximum absolute atomic E-state index is 12.7. The predicted octanol–water partition coefficient (Wildman–Crippen LogP) is 5.68. The molecule has 2 N–H and O–H groups in total. The summed E-state index contributed by atoms with van der Waals surface area (Å²) in [4.78, 5) is 12.7. The van der Waals surface area contributed by atoms with Crippen LogP contribution in [0.4, 0.5) is 11.4 Å². The number of benzene rings is 2. The lowest BCUT2D eigenvalue weighted by atomic mass is 10.2. The lowest BCUT2D eigenvalue weighted by molar-refractivity contribution is 0.0999. The number of fused-ring (bicyclic) bond motifs is 1. The Labute approximate surface area is 148 Å². The standard InChI is InChI=1S/C21H24N2O2/c1-2-3-4-10-15-22-19-17-13-8-9-14-18(17)25-20(19)21(24)23-16-11-6-5-7-12-16/h5-9,11-14,22H,2-4,10,15H2,1H3,(H,23,24). The Bertz CT molecular complexity index is 824. The zero-order valence-electron chi connectivity index (χ0n) is 14.5. The highest BCUT2D eigenvalue weighted by atomic mass is 16.3. The Balaban J connectivity index is 1.80. The molecule has 0 aliphatic carbocycles. The van der Waals surface area contributed by atoms with Gasteiger partial charge in [-0.25, -0.2) is 0 Å². The predicted molar refractivity (Wildman–Crippen MR) is 103 cm³/mol. The van der Waals surface area contributed by atoms with Crippen molar-refractivity contribution in [2.24, 2.45) is 0 Å². The van der Waals surface area contributed by atoms with Gasteiger partial charge in [0.25, 0.3) is 5.91 Å². The summed E-state index contributed by atoms with van der Waals surface area (Å²) in [5.41, 5.74) is 2.25. The molecule has 25 heavy (non-hydrogen) atoms. The number of para-hydroxylation sites is 2. The first-order valence-electron chi connectivity index (χ1n) is 8.91. The average Bonchev–Trinajstić information content (AvgIpc) is 3.01. The van der Waals surface area contributed by atoms with Crippen LogP contribution < -0.4 is 10.6 Å². The molecular formula is C21H24N2O2. The van der Waals surface area contributed by atoms with E-state index in [1.807, 2.05) is 54.6 Å². The van der Waals surface area contributed by atoms with Gasteiger partial charge in [0.15, 0.2) is 0 Å². The van der Waals surface area contributed by atoms with Crippen molar-refractivity contribution in [1.29, 1.82) is 0 Å². The van der Waals surface area contributed by atoms with Gasteiger partial charge >= 0.3 is 0 Å². The number of carbonyl (C=O) groups is 1. The van der Waals surface area contributed by atoms with Crippen LogP contribution in [0.2, 0.25) is 0 Å². The number of carbonyl (C=O) groups excluding carboxylic acids is 1. The van der Waals surface area contributed by atoms with E-state index in [9.17, 15) is 4.79 Å². The van der Waals surface area contributed by atoms with Crippen LogP contribution in [0, 0.1) is 0 Å². The van der Waals surface area contributed by atoms with E-state index in [-0.39, 0.29) is 5.91 Å². The van der Waals surface area contributed by atoms with Gasteiger partial charge in [0.05, 0.1) is 5.69 Å². The summed E-state index contributed by atoms with van der Waals surface area (Å²) in [7, 11) is 0. The summed E-state index contributed by atoms with van der Waals surface area (Å²) in [6, 6.07) is 17.2. The van der Waals surface area contributed by atoms with Crippen molar-refractivity contribution in [3.8, 4) is 0 Å². The summed E-state index contributed by atoms with van der Waals surface area (Å²) < 4.78 is 5.84. The summed E-state index contributed by atoms with van der Waals surface area (Å²) in [5, 5.41) is 7.25. The molecule has 0 aliphatic heterocycles. The maximum Gasteiger partial charge on any atom is 0.293 e. The van der Waals surface area contributed by atoms with Crippen molar-refractivity contribution in [2.75, 3.05) is 17.2 Å². The topological polar surface area (TPSA) is 54.3 Å². The van der Waals surface area contributed by atoms with Gasteiger partial charge in [0.2, 0.25) is 5.76 Å². The first kappa shape index (κ1) is 17.1. The molecule has 4 nitrogen and oxygen atoms in total. The Morgan fingerprint density at radius 3 is 2.52 bits per heavy atom. The van der Waals surface area contributed by atoms with E-state index in [1.54, 1.807) is 0 Å². The SMILES string of the molecule is CCCCCCNc1c(C(=O)Nc2ccccc2)oc2ccccc12. The molecule has 0 spiro atoms. The zero-order valence-corrected chi connectivity index (χ0v) is 14.5. The van der Waals surface area contributed by atoms with E-state index in [2.05, 4.69) is 17.6 Å². The first-order valence-corrected chi connectivity index (χ1v) is 8.91. The van der Waals surface area contributed by atoms with Gasteiger partial charge in [0.1, 0.15) is 5.58 Å². The van der Waals surface area contributed by atoms with Gasteiger partial charge in [-0.15, -0.1) is 0 Å². The quantitative estimate of drug-likeness (QED) is 0.521. The minimum absolute atomic E-state index is 0.238.